The first-order valence-corrected chi connectivity index (χ1v) is 11.0. The highest BCUT2D eigenvalue weighted by molar-refractivity contribution is 7.85. The minimum absolute atomic E-state index is 0.0126. The van der Waals surface area contributed by atoms with Crippen molar-refractivity contribution in [3.8, 4) is 0 Å². The second kappa shape index (κ2) is 10.1. The molecule has 0 bridgehead atoms. The molecule has 2 rings (SSSR count). The summed E-state index contributed by atoms with van der Waals surface area (Å²) < 4.78 is 47.0. The van der Waals surface area contributed by atoms with Gasteiger partial charge in [-0.05, 0) is 25.0 Å². The molecule has 0 aliphatic carbocycles. The molecular formula is C21H28FNO4S. The van der Waals surface area contributed by atoms with Gasteiger partial charge in [-0.2, -0.15) is 8.42 Å². The number of hydrogen-bond acceptors (Lipinski definition) is 5. The third-order valence-corrected chi connectivity index (χ3v) is 4.97. The summed E-state index contributed by atoms with van der Waals surface area (Å²) in [6.45, 7) is 3.20. The number of ether oxygens (including phenoxy) is 1. The number of alkyl halides is 1. The Bertz CT molecular complexity index is 773. The predicted octanol–water partition coefficient (Wildman–Crippen LogP) is 3.48. The van der Waals surface area contributed by atoms with Crippen molar-refractivity contribution in [1.29, 1.82) is 0 Å². The zero-order valence-corrected chi connectivity index (χ0v) is 17.3. The summed E-state index contributed by atoms with van der Waals surface area (Å²) in [5.74, 6) is 0. The molecule has 0 aliphatic heterocycles. The second-order valence-electron chi connectivity index (χ2n) is 7.11. The summed E-state index contributed by atoms with van der Waals surface area (Å²) in [6, 6.07) is 19.6. The van der Waals surface area contributed by atoms with Crippen LogP contribution in [0, 0.1) is 0 Å². The quantitative estimate of drug-likeness (QED) is 0.455. The van der Waals surface area contributed by atoms with Gasteiger partial charge in [-0.15, -0.1) is 0 Å². The standard InChI is InChI=1S/C21H28FNO4S/c1-21(2,26-14-15-27-28(3,24)25)19(22)16-23-20(17-10-6-4-7-11-17)18-12-8-5-9-13-18/h4-13,19-20,23H,14-16H2,1-3H3. The summed E-state index contributed by atoms with van der Waals surface area (Å²) in [7, 11) is -3.53. The molecule has 154 valence electrons. The van der Waals surface area contributed by atoms with Gasteiger partial charge < -0.3 is 10.1 Å². The van der Waals surface area contributed by atoms with Crippen molar-refractivity contribution in [3.63, 3.8) is 0 Å². The molecule has 0 radical (unpaired) electrons. The molecule has 1 atom stereocenters. The van der Waals surface area contributed by atoms with Crippen molar-refractivity contribution >= 4 is 10.1 Å². The van der Waals surface area contributed by atoms with Gasteiger partial charge in [0, 0.05) is 6.54 Å². The van der Waals surface area contributed by atoms with Gasteiger partial charge in [0.1, 0.15) is 6.17 Å². The number of halogens is 1. The minimum atomic E-state index is -3.53. The monoisotopic (exact) mass is 409 g/mol. The molecule has 0 aromatic heterocycles. The molecule has 28 heavy (non-hydrogen) atoms. The highest BCUT2D eigenvalue weighted by atomic mass is 32.2. The predicted molar refractivity (Wildman–Crippen MR) is 108 cm³/mol. The summed E-state index contributed by atoms with van der Waals surface area (Å²) in [5, 5.41) is 3.29. The molecule has 2 aromatic rings. The van der Waals surface area contributed by atoms with Crippen molar-refractivity contribution in [2.45, 2.75) is 31.7 Å². The lowest BCUT2D eigenvalue weighted by Gasteiger charge is -2.31. The molecule has 0 spiro atoms. The van der Waals surface area contributed by atoms with E-state index in [1.165, 1.54) is 0 Å². The zero-order chi connectivity index (χ0) is 20.6. The lowest BCUT2D eigenvalue weighted by atomic mass is 9.97. The van der Waals surface area contributed by atoms with Crippen LogP contribution >= 0.6 is 0 Å². The molecule has 1 N–H and O–H groups in total. The van der Waals surface area contributed by atoms with Gasteiger partial charge in [0.15, 0.2) is 0 Å². The molecule has 7 heteroatoms. The third kappa shape index (κ3) is 7.31. The van der Waals surface area contributed by atoms with Gasteiger partial charge in [-0.25, -0.2) is 4.39 Å². The molecule has 0 aliphatic rings. The molecule has 5 nitrogen and oxygen atoms in total. The normalized spacial score (nSPS) is 13.6. The van der Waals surface area contributed by atoms with E-state index in [0.717, 1.165) is 17.4 Å². The Labute approximate surface area is 167 Å². The SMILES string of the molecule is CC(C)(OCCOS(C)(=O)=O)C(F)CNC(c1ccccc1)c1ccccc1. The highest BCUT2D eigenvalue weighted by Gasteiger charge is 2.31. The fourth-order valence-electron chi connectivity index (χ4n) is 2.77. The topological polar surface area (TPSA) is 64.6 Å². The fraction of sp³-hybridized carbons (Fsp3) is 0.429. The van der Waals surface area contributed by atoms with Gasteiger partial charge in [-0.1, -0.05) is 60.7 Å². The lowest BCUT2D eigenvalue weighted by Crippen LogP contribution is -2.44. The average Bonchev–Trinajstić information content (AvgIpc) is 2.66. The molecule has 0 heterocycles. The number of hydrogen-bond donors (Lipinski definition) is 1. The van der Waals surface area contributed by atoms with E-state index in [4.69, 9.17) is 4.74 Å². The van der Waals surface area contributed by atoms with E-state index in [1.807, 2.05) is 60.7 Å². The van der Waals surface area contributed by atoms with Crippen molar-refractivity contribution in [2.24, 2.45) is 0 Å². The van der Waals surface area contributed by atoms with Crippen LogP contribution in [0.5, 0.6) is 0 Å². The Hall–Kier alpha value is -1.80. The number of benzene rings is 2. The Morgan fingerprint density at radius 2 is 1.46 bits per heavy atom. The number of nitrogens with one attached hydrogen (secondary N) is 1. The molecule has 0 saturated heterocycles. The first-order valence-electron chi connectivity index (χ1n) is 9.15. The Morgan fingerprint density at radius 1 is 0.964 bits per heavy atom. The smallest absolute Gasteiger partial charge is 0.264 e. The van der Waals surface area contributed by atoms with E-state index in [0.29, 0.717) is 0 Å². The number of rotatable bonds is 11. The first-order chi connectivity index (χ1) is 13.2. The molecule has 1 unspecified atom stereocenters. The Morgan fingerprint density at radius 3 is 1.93 bits per heavy atom. The van der Waals surface area contributed by atoms with E-state index >= 15 is 0 Å². The maximum Gasteiger partial charge on any atom is 0.264 e. The van der Waals surface area contributed by atoms with Gasteiger partial charge >= 0.3 is 0 Å². The zero-order valence-electron chi connectivity index (χ0n) is 16.5. The largest absolute Gasteiger partial charge is 0.370 e. The van der Waals surface area contributed by atoms with E-state index < -0.39 is 21.9 Å². The van der Waals surface area contributed by atoms with Gasteiger partial charge in [0.2, 0.25) is 0 Å². The lowest BCUT2D eigenvalue weighted by molar-refractivity contribution is -0.0773. The van der Waals surface area contributed by atoms with Crippen molar-refractivity contribution < 1.29 is 21.7 Å². The van der Waals surface area contributed by atoms with Crippen LogP contribution in [0.3, 0.4) is 0 Å². The summed E-state index contributed by atoms with van der Waals surface area (Å²) >= 11 is 0. The third-order valence-electron chi connectivity index (χ3n) is 4.38. The van der Waals surface area contributed by atoms with Gasteiger partial charge in [0.25, 0.3) is 10.1 Å². The molecule has 0 saturated carbocycles. The molecule has 2 aromatic carbocycles. The van der Waals surface area contributed by atoms with Crippen LogP contribution in [-0.2, 0) is 19.0 Å². The average molecular weight is 410 g/mol. The maximum absolute atomic E-state index is 14.9. The Balaban J connectivity index is 1.97. The Kier molecular flexibility index (Phi) is 8.12. The van der Waals surface area contributed by atoms with Crippen LogP contribution in [0.4, 0.5) is 4.39 Å². The van der Waals surface area contributed by atoms with Crippen molar-refractivity contribution in [1.82, 2.24) is 5.32 Å². The van der Waals surface area contributed by atoms with Gasteiger partial charge in [0.05, 0.1) is 31.1 Å². The van der Waals surface area contributed by atoms with Crippen molar-refractivity contribution in [3.05, 3.63) is 71.8 Å². The highest BCUT2D eigenvalue weighted by Crippen LogP contribution is 2.24. The van der Waals surface area contributed by atoms with Gasteiger partial charge in [-0.3, -0.25) is 4.18 Å². The van der Waals surface area contributed by atoms with Crippen molar-refractivity contribution in [2.75, 3.05) is 26.0 Å². The van der Waals surface area contributed by atoms with Crippen LogP contribution < -0.4 is 5.32 Å². The molecule has 0 amide bonds. The van der Waals surface area contributed by atoms with Crippen LogP contribution in [0.15, 0.2) is 60.7 Å². The maximum atomic E-state index is 14.9. The fourth-order valence-corrected chi connectivity index (χ4v) is 3.14. The van der Waals surface area contributed by atoms with Crippen LogP contribution in [0.25, 0.3) is 0 Å². The minimum Gasteiger partial charge on any atom is -0.370 e. The van der Waals surface area contributed by atoms with E-state index in [1.54, 1.807) is 13.8 Å². The summed E-state index contributed by atoms with van der Waals surface area (Å²) in [4.78, 5) is 0. The van der Waals surface area contributed by atoms with Crippen LogP contribution in [0.2, 0.25) is 0 Å². The summed E-state index contributed by atoms with van der Waals surface area (Å²) in [6.07, 6.45) is -0.339. The van der Waals surface area contributed by atoms with Crippen LogP contribution in [0.1, 0.15) is 31.0 Å². The van der Waals surface area contributed by atoms with E-state index in [2.05, 4.69) is 9.50 Å². The molecular weight excluding hydrogens is 381 g/mol. The first kappa shape index (κ1) is 22.5. The molecule has 0 fully saturated rings. The van der Waals surface area contributed by atoms with Crippen LogP contribution in [-0.4, -0.2) is 46.2 Å². The summed E-state index contributed by atoms with van der Waals surface area (Å²) in [5.41, 5.74) is 0.994. The second-order valence-corrected chi connectivity index (χ2v) is 8.75. The van der Waals surface area contributed by atoms with E-state index in [9.17, 15) is 12.8 Å². The van der Waals surface area contributed by atoms with E-state index in [-0.39, 0.29) is 25.8 Å².